The van der Waals surface area contributed by atoms with Crippen LogP contribution in [0.4, 0.5) is 4.79 Å². The summed E-state index contributed by atoms with van der Waals surface area (Å²) in [6, 6.07) is -0.0238. The van der Waals surface area contributed by atoms with Crippen LogP contribution in [0.2, 0.25) is 0 Å². The summed E-state index contributed by atoms with van der Waals surface area (Å²) in [4.78, 5) is 13.8. The largest absolute Gasteiger partial charge is 0.335 e. The van der Waals surface area contributed by atoms with E-state index in [4.69, 9.17) is 0 Å². The predicted octanol–water partition coefficient (Wildman–Crippen LogP) is 1.41. The van der Waals surface area contributed by atoms with Crippen molar-refractivity contribution >= 4 is 16.1 Å². The Morgan fingerprint density at radius 1 is 1.48 bits per heavy atom. The molecular formula is C14H27N3O3S. The van der Waals surface area contributed by atoms with Crippen LogP contribution in [0.5, 0.6) is 0 Å². The second-order valence-corrected chi connectivity index (χ2v) is 7.83. The molecule has 7 heteroatoms. The van der Waals surface area contributed by atoms with Gasteiger partial charge in [0, 0.05) is 32.2 Å². The molecule has 1 heterocycles. The van der Waals surface area contributed by atoms with Crippen molar-refractivity contribution < 1.29 is 13.2 Å². The Hall–Kier alpha value is -1.08. The summed E-state index contributed by atoms with van der Waals surface area (Å²) >= 11 is 0. The summed E-state index contributed by atoms with van der Waals surface area (Å²) in [5.41, 5.74) is 0. The van der Waals surface area contributed by atoms with Crippen LogP contribution in [0.3, 0.4) is 0 Å². The molecule has 0 spiro atoms. The normalized spacial score (nSPS) is 18.6. The molecule has 1 N–H and O–H groups in total. The maximum Gasteiger partial charge on any atom is 0.317 e. The number of sulfonamides is 1. The molecule has 0 saturated carbocycles. The van der Waals surface area contributed by atoms with Crippen LogP contribution in [0.15, 0.2) is 12.7 Å². The van der Waals surface area contributed by atoms with Crippen molar-refractivity contribution in [3.8, 4) is 0 Å². The Morgan fingerprint density at radius 3 is 2.52 bits per heavy atom. The molecule has 21 heavy (non-hydrogen) atoms. The highest BCUT2D eigenvalue weighted by Crippen LogP contribution is 2.18. The van der Waals surface area contributed by atoms with Crippen molar-refractivity contribution in [1.82, 2.24) is 14.5 Å². The van der Waals surface area contributed by atoms with Crippen molar-refractivity contribution in [2.75, 3.05) is 25.9 Å². The van der Waals surface area contributed by atoms with Crippen molar-refractivity contribution in [3.05, 3.63) is 12.7 Å². The molecule has 0 radical (unpaired) electrons. The monoisotopic (exact) mass is 317 g/mol. The summed E-state index contributed by atoms with van der Waals surface area (Å²) in [5, 5.41) is 2.92. The number of carbonyl (C=O) groups is 1. The number of urea groups is 1. The van der Waals surface area contributed by atoms with Crippen LogP contribution in [0, 0.1) is 0 Å². The number of hydrogen-bond acceptors (Lipinski definition) is 3. The first-order valence-electron chi connectivity index (χ1n) is 7.43. The van der Waals surface area contributed by atoms with Gasteiger partial charge in [-0.2, -0.15) is 0 Å². The highest BCUT2D eigenvalue weighted by Gasteiger charge is 2.30. The van der Waals surface area contributed by atoms with Crippen LogP contribution in [0.1, 0.15) is 33.1 Å². The van der Waals surface area contributed by atoms with E-state index < -0.39 is 10.0 Å². The topological polar surface area (TPSA) is 69.7 Å². The van der Waals surface area contributed by atoms with Gasteiger partial charge < -0.3 is 10.2 Å². The first-order valence-corrected chi connectivity index (χ1v) is 9.04. The van der Waals surface area contributed by atoms with Gasteiger partial charge in [-0.25, -0.2) is 17.5 Å². The maximum atomic E-state index is 12.1. The number of amides is 2. The van der Waals surface area contributed by atoms with Gasteiger partial charge in [0.05, 0.1) is 5.75 Å². The summed E-state index contributed by atoms with van der Waals surface area (Å²) in [7, 11) is -1.53. The van der Waals surface area contributed by atoms with Gasteiger partial charge in [-0.1, -0.05) is 6.08 Å². The maximum absolute atomic E-state index is 12.1. The van der Waals surface area contributed by atoms with Gasteiger partial charge >= 0.3 is 6.03 Å². The lowest BCUT2D eigenvalue weighted by atomic mass is 10.1. The molecule has 1 saturated heterocycles. The van der Waals surface area contributed by atoms with Gasteiger partial charge in [-0.3, -0.25) is 0 Å². The molecule has 122 valence electrons. The molecule has 0 aromatic heterocycles. The van der Waals surface area contributed by atoms with E-state index in [2.05, 4.69) is 11.9 Å². The van der Waals surface area contributed by atoms with Gasteiger partial charge in [-0.15, -0.1) is 6.58 Å². The molecule has 1 atom stereocenters. The van der Waals surface area contributed by atoms with Crippen LogP contribution in [0.25, 0.3) is 0 Å². The molecule has 1 rings (SSSR count). The summed E-state index contributed by atoms with van der Waals surface area (Å²) in [6.45, 7) is 8.41. The lowest BCUT2D eigenvalue weighted by molar-refractivity contribution is 0.161. The zero-order valence-corrected chi connectivity index (χ0v) is 14.0. The smallest absolute Gasteiger partial charge is 0.317 e. The molecule has 1 aliphatic heterocycles. The number of nitrogens with zero attached hydrogens (tertiary/aromatic N) is 2. The Labute approximate surface area is 128 Å². The van der Waals surface area contributed by atoms with Gasteiger partial charge in [0.15, 0.2) is 0 Å². The third-order valence-electron chi connectivity index (χ3n) is 3.96. The van der Waals surface area contributed by atoms with Crippen molar-refractivity contribution in [3.63, 3.8) is 0 Å². The zero-order chi connectivity index (χ0) is 16.0. The molecule has 0 aromatic rings. The summed E-state index contributed by atoms with van der Waals surface area (Å²) in [5.74, 6) is 0.114. The molecule has 1 aliphatic rings. The minimum Gasteiger partial charge on any atom is -0.335 e. The van der Waals surface area contributed by atoms with Crippen molar-refractivity contribution in [2.24, 2.45) is 0 Å². The third kappa shape index (κ3) is 5.00. The van der Waals surface area contributed by atoms with Gasteiger partial charge in [0.2, 0.25) is 10.0 Å². The van der Waals surface area contributed by atoms with Crippen LogP contribution < -0.4 is 5.32 Å². The van der Waals surface area contributed by atoms with Gasteiger partial charge in [-0.05, 0) is 33.1 Å². The Balaban J connectivity index is 2.48. The minimum absolute atomic E-state index is 0.00963. The molecule has 0 aliphatic carbocycles. The standard InChI is InChI=1S/C14H27N3O3S/c1-5-7-12(3)15-14(18)17-10-8-13(9-11-17)16(4)21(19,20)6-2/h5,12-13H,1,6-11H2,2-4H3,(H,15,18). The second kappa shape index (κ2) is 7.79. The van der Waals surface area contributed by atoms with Crippen molar-refractivity contribution in [1.29, 1.82) is 0 Å². The van der Waals surface area contributed by atoms with Gasteiger partial charge in [0.1, 0.15) is 0 Å². The lowest BCUT2D eigenvalue weighted by Crippen LogP contribution is -2.51. The number of hydrogen-bond donors (Lipinski definition) is 1. The highest BCUT2D eigenvalue weighted by molar-refractivity contribution is 7.89. The molecular weight excluding hydrogens is 290 g/mol. The highest BCUT2D eigenvalue weighted by atomic mass is 32.2. The first kappa shape index (κ1) is 18.0. The second-order valence-electron chi connectivity index (χ2n) is 5.51. The van der Waals surface area contributed by atoms with Gasteiger partial charge in [0.25, 0.3) is 0 Å². The SMILES string of the molecule is C=CCC(C)NC(=O)N1CCC(N(C)S(=O)(=O)CC)CC1. The predicted molar refractivity (Wildman–Crippen MR) is 84.6 cm³/mol. The van der Waals surface area contributed by atoms with E-state index in [0.29, 0.717) is 25.9 Å². The molecule has 1 unspecified atom stereocenters. The summed E-state index contributed by atoms with van der Waals surface area (Å²) < 4.78 is 25.2. The zero-order valence-electron chi connectivity index (χ0n) is 13.2. The van der Waals surface area contributed by atoms with Crippen LogP contribution in [-0.2, 0) is 10.0 Å². The Morgan fingerprint density at radius 2 is 2.05 bits per heavy atom. The Bertz CT molecular complexity index is 456. The van der Waals surface area contributed by atoms with Crippen molar-refractivity contribution in [2.45, 2.75) is 45.2 Å². The van der Waals surface area contributed by atoms with E-state index in [9.17, 15) is 13.2 Å². The molecule has 0 bridgehead atoms. The number of nitrogens with one attached hydrogen (secondary N) is 1. The number of piperidine rings is 1. The van der Waals surface area contributed by atoms with E-state index in [-0.39, 0.29) is 23.9 Å². The number of rotatable bonds is 6. The van der Waals surface area contributed by atoms with E-state index in [1.165, 1.54) is 4.31 Å². The molecule has 0 aromatic carbocycles. The quantitative estimate of drug-likeness (QED) is 0.753. The first-order chi connectivity index (χ1) is 9.81. The summed E-state index contributed by atoms with van der Waals surface area (Å²) in [6.07, 6.45) is 3.87. The molecule has 1 fully saturated rings. The third-order valence-corrected chi connectivity index (χ3v) is 5.86. The fourth-order valence-electron chi connectivity index (χ4n) is 2.47. The number of carbonyl (C=O) groups excluding carboxylic acids is 1. The fraction of sp³-hybridized carbons (Fsp3) is 0.786. The average molecular weight is 317 g/mol. The van der Waals surface area contributed by atoms with E-state index in [1.54, 1.807) is 24.9 Å². The average Bonchev–Trinajstić information content (AvgIpc) is 2.46. The minimum atomic E-state index is -3.16. The number of likely N-dealkylation sites (tertiary alicyclic amines) is 1. The van der Waals surface area contributed by atoms with E-state index in [1.807, 2.05) is 6.92 Å². The van der Waals surface area contributed by atoms with E-state index in [0.717, 1.165) is 6.42 Å². The fourth-order valence-corrected chi connectivity index (χ4v) is 3.55. The van der Waals surface area contributed by atoms with Crippen LogP contribution >= 0.6 is 0 Å². The van der Waals surface area contributed by atoms with Crippen LogP contribution in [-0.4, -0.2) is 61.6 Å². The molecule has 2 amide bonds. The molecule has 6 nitrogen and oxygen atoms in total. The lowest BCUT2D eigenvalue weighted by Gasteiger charge is -2.36. The van der Waals surface area contributed by atoms with E-state index >= 15 is 0 Å². The Kier molecular flexibility index (Phi) is 6.67.